The highest BCUT2D eigenvalue weighted by Crippen LogP contribution is 2.50. The summed E-state index contributed by atoms with van der Waals surface area (Å²) in [5.41, 5.74) is 0.135. The van der Waals surface area contributed by atoms with Crippen LogP contribution in [0.4, 0.5) is 8.78 Å². The summed E-state index contributed by atoms with van der Waals surface area (Å²) in [4.78, 5) is 0. The van der Waals surface area contributed by atoms with E-state index in [0.717, 1.165) is 25.3 Å². The Balaban J connectivity index is 2.35. The van der Waals surface area contributed by atoms with Crippen molar-refractivity contribution in [3.8, 4) is 0 Å². The molecule has 4 heteroatoms. The Hall–Kier alpha value is -1.00. The summed E-state index contributed by atoms with van der Waals surface area (Å²) in [6.07, 6.45) is 2.78. The number of aliphatic hydroxyl groups excluding tert-OH is 1. The number of rotatable bonds is 4. The maximum Gasteiger partial charge on any atom is 0.130 e. The van der Waals surface area contributed by atoms with Crippen LogP contribution >= 0.6 is 0 Å². The van der Waals surface area contributed by atoms with Crippen molar-refractivity contribution >= 4 is 0 Å². The fourth-order valence-electron chi connectivity index (χ4n) is 2.70. The van der Waals surface area contributed by atoms with Gasteiger partial charge in [-0.3, -0.25) is 0 Å². The van der Waals surface area contributed by atoms with E-state index < -0.39 is 11.6 Å². The molecule has 17 heavy (non-hydrogen) atoms. The van der Waals surface area contributed by atoms with Crippen LogP contribution in [0.1, 0.15) is 30.9 Å². The van der Waals surface area contributed by atoms with Gasteiger partial charge in [-0.15, -0.1) is 0 Å². The van der Waals surface area contributed by atoms with Crippen molar-refractivity contribution in [2.24, 2.45) is 5.41 Å². The van der Waals surface area contributed by atoms with Gasteiger partial charge in [-0.05, 0) is 26.0 Å². The monoisotopic (exact) mass is 241 g/mol. The van der Waals surface area contributed by atoms with Crippen molar-refractivity contribution in [1.82, 2.24) is 5.32 Å². The van der Waals surface area contributed by atoms with Crippen LogP contribution in [0.3, 0.4) is 0 Å². The zero-order valence-corrected chi connectivity index (χ0v) is 9.84. The Kier molecular flexibility index (Phi) is 3.45. The standard InChI is InChI=1S/C13H17F2NO/c1-16-12(13(8-17)5-2-6-13)10-4-3-9(14)7-11(10)15/h3-4,7,12,16-17H,2,5-6,8H2,1H3. The molecule has 94 valence electrons. The molecule has 1 aliphatic carbocycles. The zero-order valence-electron chi connectivity index (χ0n) is 9.84. The topological polar surface area (TPSA) is 32.3 Å². The van der Waals surface area contributed by atoms with Gasteiger partial charge in [-0.1, -0.05) is 12.5 Å². The number of aliphatic hydroxyl groups is 1. The first-order valence-corrected chi connectivity index (χ1v) is 5.86. The van der Waals surface area contributed by atoms with Gasteiger partial charge in [0.05, 0.1) is 6.61 Å². The Labute approximate surface area is 99.7 Å². The van der Waals surface area contributed by atoms with E-state index >= 15 is 0 Å². The van der Waals surface area contributed by atoms with Crippen LogP contribution in [0.25, 0.3) is 0 Å². The van der Waals surface area contributed by atoms with E-state index in [1.54, 1.807) is 7.05 Å². The van der Waals surface area contributed by atoms with Gasteiger partial charge < -0.3 is 10.4 Å². The third-order valence-corrected chi connectivity index (χ3v) is 3.84. The van der Waals surface area contributed by atoms with Crippen molar-refractivity contribution in [2.45, 2.75) is 25.3 Å². The second-order valence-corrected chi connectivity index (χ2v) is 4.76. The van der Waals surface area contributed by atoms with Gasteiger partial charge in [0.1, 0.15) is 11.6 Å². The first-order valence-electron chi connectivity index (χ1n) is 5.86. The van der Waals surface area contributed by atoms with E-state index in [-0.39, 0.29) is 18.1 Å². The van der Waals surface area contributed by atoms with Crippen molar-refractivity contribution in [3.63, 3.8) is 0 Å². The van der Waals surface area contributed by atoms with E-state index in [1.165, 1.54) is 12.1 Å². The minimum atomic E-state index is -0.576. The lowest BCUT2D eigenvalue weighted by Gasteiger charge is -2.46. The lowest BCUT2D eigenvalue weighted by atomic mass is 9.63. The summed E-state index contributed by atoms with van der Waals surface area (Å²) >= 11 is 0. The molecule has 1 unspecified atom stereocenters. The Bertz CT molecular complexity index is 399. The molecule has 1 saturated carbocycles. The molecule has 2 rings (SSSR count). The smallest absolute Gasteiger partial charge is 0.130 e. The summed E-state index contributed by atoms with van der Waals surface area (Å²) < 4.78 is 26.6. The second kappa shape index (κ2) is 4.70. The molecule has 0 radical (unpaired) electrons. The van der Waals surface area contributed by atoms with Crippen LogP contribution in [0.5, 0.6) is 0 Å². The maximum absolute atomic E-state index is 13.8. The lowest BCUT2D eigenvalue weighted by Crippen LogP contribution is -2.45. The minimum Gasteiger partial charge on any atom is -0.396 e. The number of halogens is 2. The molecule has 1 atom stereocenters. The highest BCUT2D eigenvalue weighted by atomic mass is 19.1. The third-order valence-electron chi connectivity index (χ3n) is 3.84. The van der Waals surface area contributed by atoms with Gasteiger partial charge in [0.15, 0.2) is 0 Å². The largest absolute Gasteiger partial charge is 0.396 e. The quantitative estimate of drug-likeness (QED) is 0.848. The molecule has 0 aromatic heterocycles. The van der Waals surface area contributed by atoms with E-state index in [4.69, 9.17) is 0 Å². The van der Waals surface area contributed by atoms with Gasteiger partial charge in [-0.2, -0.15) is 0 Å². The number of nitrogens with one attached hydrogen (secondary N) is 1. The molecule has 0 aliphatic heterocycles. The average Bonchev–Trinajstić information content (AvgIpc) is 2.24. The Morgan fingerprint density at radius 3 is 2.53 bits per heavy atom. The maximum atomic E-state index is 13.8. The molecule has 0 bridgehead atoms. The Morgan fingerprint density at radius 2 is 2.12 bits per heavy atom. The number of benzene rings is 1. The second-order valence-electron chi connectivity index (χ2n) is 4.76. The predicted molar refractivity (Wildman–Crippen MR) is 61.5 cm³/mol. The summed E-state index contributed by atoms with van der Waals surface area (Å²) in [5, 5.41) is 12.6. The minimum absolute atomic E-state index is 0.0231. The van der Waals surface area contributed by atoms with E-state index in [0.29, 0.717) is 5.56 Å². The molecule has 0 amide bonds. The normalized spacial score (nSPS) is 19.8. The van der Waals surface area contributed by atoms with Crippen LogP contribution < -0.4 is 5.32 Å². The Morgan fingerprint density at radius 1 is 1.41 bits per heavy atom. The summed E-state index contributed by atoms with van der Waals surface area (Å²) in [6, 6.07) is 3.35. The molecule has 0 saturated heterocycles. The van der Waals surface area contributed by atoms with Gasteiger partial charge in [0.2, 0.25) is 0 Å². The summed E-state index contributed by atoms with van der Waals surface area (Å²) in [7, 11) is 1.74. The molecular formula is C13H17F2NO. The van der Waals surface area contributed by atoms with E-state index in [1.807, 2.05) is 0 Å². The van der Waals surface area contributed by atoms with Crippen molar-refractivity contribution in [2.75, 3.05) is 13.7 Å². The first kappa shape index (κ1) is 12.5. The van der Waals surface area contributed by atoms with Crippen LogP contribution in [0.15, 0.2) is 18.2 Å². The van der Waals surface area contributed by atoms with Crippen LogP contribution in [0, 0.1) is 17.0 Å². The van der Waals surface area contributed by atoms with Crippen molar-refractivity contribution < 1.29 is 13.9 Å². The van der Waals surface area contributed by atoms with Crippen LogP contribution in [-0.4, -0.2) is 18.8 Å². The molecule has 1 aromatic rings. The zero-order chi connectivity index (χ0) is 12.5. The molecule has 2 nitrogen and oxygen atoms in total. The highest BCUT2D eigenvalue weighted by molar-refractivity contribution is 5.25. The number of hydrogen-bond acceptors (Lipinski definition) is 2. The van der Waals surface area contributed by atoms with Gasteiger partial charge >= 0.3 is 0 Å². The SMILES string of the molecule is CNC(c1ccc(F)cc1F)C1(CO)CCC1. The van der Waals surface area contributed by atoms with Crippen LogP contribution in [-0.2, 0) is 0 Å². The highest BCUT2D eigenvalue weighted by Gasteiger charge is 2.44. The molecule has 1 aliphatic rings. The van der Waals surface area contributed by atoms with Crippen molar-refractivity contribution in [1.29, 1.82) is 0 Å². The third kappa shape index (κ3) is 2.07. The number of hydrogen-bond donors (Lipinski definition) is 2. The van der Waals surface area contributed by atoms with E-state index in [9.17, 15) is 13.9 Å². The van der Waals surface area contributed by atoms with Gasteiger partial charge in [0, 0.05) is 23.1 Å². The summed E-state index contributed by atoms with van der Waals surface area (Å²) in [5.74, 6) is -1.13. The fraction of sp³-hybridized carbons (Fsp3) is 0.538. The predicted octanol–water partition coefficient (Wildman–Crippen LogP) is 2.39. The lowest BCUT2D eigenvalue weighted by molar-refractivity contribution is 0.00671. The van der Waals surface area contributed by atoms with Gasteiger partial charge in [0.25, 0.3) is 0 Å². The molecule has 0 heterocycles. The summed E-state index contributed by atoms with van der Waals surface area (Å²) in [6.45, 7) is 0.0231. The molecule has 2 N–H and O–H groups in total. The van der Waals surface area contributed by atoms with Gasteiger partial charge in [-0.25, -0.2) is 8.78 Å². The molecule has 1 fully saturated rings. The van der Waals surface area contributed by atoms with Crippen molar-refractivity contribution in [3.05, 3.63) is 35.4 Å². The van der Waals surface area contributed by atoms with E-state index in [2.05, 4.69) is 5.32 Å². The average molecular weight is 241 g/mol. The molecular weight excluding hydrogens is 224 g/mol. The van der Waals surface area contributed by atoms with Crippen LogP contribution in [0.2, 0.25) is 0 Å². The fourth-order valence-corrected chi connectivity index (χ4v) is 2.70. The molecule has 1 aromatic carbocycles. The first-order chi connectivity index (χ1) is 8.13. The molecule has 0 spiro atoms.